The summed E-state index contributed by atoms with van der Waals surface area (Å²) in [5.74, 6) is 0.523. The number of urea groups is 1. The average molecular weight is 409 g/mol. The molecule has 2 aliphatic heterocycles. The van der Waals surface area contributed by atoms with Crippen LogP contribution in [0.25, 0.3) is 0 Å². The van der Waals surface area contributed by atoms with E-state index in [0.717, 1.165) is 50.0 Å². The molecule has 0 radical (unpaired) electrons. The van der Waals surface area contributed by atoms with E-state index in [-0.39, 0.29) is 6.03 Å². The van der Waals surface area contributed by atoms with Gasteiger partial charge in [-0.3, -0.25) is 0 Å². The maximum Gasteiger partial charge on any atom is 0.314 e. The number of amides is 2. The number of carbonyl (C=O) groups excluding carboxylic acids is 1. The summed E-state index contributed by atoms with van der Waals surface area (Å²) in [5, 5.41) is 6.02. The third-order valence-corrected chi connectivity index (χ3v) is 5.64. The summed E-state index contributed by atoms with van der Waals surface area (Å²) < 4.78 is 1.11. The first-order chi connectivity index (χ1) is 12.2. The standard InChI is InChI=1S/C19H29BrN4O/c20-17-5-3-6-18(13-17)24-12-7-16(15-24)14-22-19(25)21-8-4-11-23-9-1-2-10-23/h3,5-6,13,16H,1-2,4,7-12,14-15H2,(H2,21,22,25). The molecule has 0 saturated carbocycles. The van der Waals surface area contributed by atoms with Crippen LogP contribution in [-0.2, 0) is 0 Å². The minimum Gasteiger partial charge on any atom is -0.371 e. The first-order valence-electron chi connectivity index (χ1n) is 9.45. The second-order valence-corrected chi connectivity index (χ2v) is 8.04. The molecule has 2 heterocycles. The lowest BCUT2D eigenvalue weighted by Crippen LogP contribution is -2.39. The molecule has 1 atom stereocenters. The Bertz CT molecular complexity index is 562. The molecule has 2 saturated heterocycles. The summed E-state index contributed by atoms with van der Waals surface area (Å²) in [4.78, 5) is 16.8. The van der Waals surface area contributed by atoms with Crippen molar-refractivity contribution in [1.29, 1.82) is 0 Å². The van der Waals surface area contributed by atoms with Crippen molar-refractivity contribution in [3.05, 3.63) is 28.7 Å². The van der Waals surface area contributed by atoms with Crippen LogP contribution in [0.1, 0.15) is 25.7 Å². The van der Waals surface area contributed by atoms with E-state index in [4.69, 9.17) is 0 Å². The molecule has 2 fully saturated rings. The second-order valence-electron chi connectivity index (χ2n) is 7.12. The molecule has 2 aliphatic rings. The number of hydrogen-bond donors (Lipinski definition) is 2. The van der Waals surface area contributed by atoms with Crippen LogP contribution in [-0.4, -0.2) is 56.7 Å². The molecule has 1 unspecified atom stereocenters. The SMILES string of the molecule is O=C(NCCCN1CCCC1)NCC1CCN(c2cccc(Br)c2)C1. The van der Waals surface area contributed by atoms with E-state index < -0.39 is 0 Å². The lowest BCUT2D eigenvalue weighted by molar-refractivity contribution is 0.238. The highest BCUT2D eigenvalue weighted by Gasteiger charge is 2.23. The van der Waals surface area contributed by atoms with Gasteiger partial charge < -0.3 is 20.4 Å². The van der Waals surface area contributed by atoms with Gasteiger partial charge in [0.15, 0.2) is 0 Å². The smallest absolute Gasteiger partial charge is 0.314 e. The number of nitrogens with one attached hydrogen (secondary N) is 2. The molecule has 1 aromatic carbocycles. The van der Waals surface area contributed by atoms with Crippen molar-refractivity contribution in [3.63, 3.8) is 0 Å². The van der Waals surface area contributed by atoms with Crippen LogP contribution in [0, 0.1) is 5.92 Å². The molecule has 0 bridgehead atoms. The van der Waals surface area contributed by atoms with Gasteiger partial charge in [-0.25, -0.2) is 4.79 Å². The Kier molecular flexibility index (Phi) is 6.99. The summed E-state index contributed by atoms with van der Waals surface area (Å²) in [5.41, 5.74) is 1.25. The monoisotopic (exact) mass is 408 g/mol. The van der Waals surface area contributed by atoms with E-state index >= 15 is 0 Å². The van der Waals surface area contributed by atoms with E-state index in [1.807, 2.05) is 6.07 Å². The van der Waals surface area contributed by atoms with Crippen molar-refractivity contribution >= 4 is 27.6 Å². The first kappa shape index (κ1) is 18.5. The Balaban J connectivity index is 1.29. The number of benzene rings is 1. The van der Waals surface area contributed by atoms with Gasteiger partial charge in [-0.2, -0.15) is 0 Å². The van der Waals surface area contributed by atoms with Gasteiger partial charge in [0, 0.05) is 36.3 Å². The van der Waals surface area contributed by atoms with Crippen LogP contribution >= 0.6 is 15.9 Å². The molecule has 25 heavy (non-hydrogen) atoms. The molecule has 0 aliphatic carbocycles. The van der Waals surface area contributed by atoms with E-state index in [1.54, 1.807) is 0 Å². The van der Waals surface area contributed by atoms with Gasteiger partial charge in [0.1, 0.15) is 0 Å². The zero-order valence-electron chi connectivity index (χ0n) is 14.8. The van der Waals surface area contributed by atoms with Gasteiger partial charge in [0.2, 0.25) is 0 Å². The van der Waals surface area contributed by atoms with Crippen molar-refractivity contribution in [1.82, 2.24) is 15.5 Å². The number of nitrogens with zero attached hydrogens (tertiary/aromatic N) is 2. The van der Waals surface area contributed by atoms with Gasteiger partial charge >= 0.3 is 6.03 Å². The van der Waals surface area contributed by atoms with Crippen LogP contribution in [0.2, 0.25) is 0 Å². The normalized spacial score (nSPS) is 20.8. The number of hydrogen-bond acceptors (Lipinski definition) is 3. The molecule has 1 aromatic rings. The topological polar surface area (TPSA) is 47.6 Å². The Hall–Kier alpha value is -1.27. The van der Waals surface area contributed by atoms with E-state index in [0.29, 0.717) is 5.92 Å². The number of carbonyl (C=O) groups is 1. The maximum absolute atomic E-state index is 11.9. The quantitative estimate of drug-likeness (QED) is 0.681. The maximum atomic E-state index is 11.9. The molecule has 5 nitrogen and oxygen atoms in total. The fourth-order valence-corrected chi connectivity index (χ4v) is 4.10. The zero-order chi connectivity index (χ0) is 17.5. The minimum absolute atomic E-state index is 0.0256. The summed E-state index contributed by atoms with van der Waals surface area (Å²) in [6, 6.07) is 8.39. The van der Waals surface area contributed by atoms with E-state index in [1.165, 1.54) is 31.6 Å². The van der Waals surface area contributed by atoms with Gasteiger partial charge in [-0.1, -0.05) is 22.0 Å². The number of likely N-dealkylation sites (tertiary alicyclic amines) is 1. The summed E-state index contributed by atoms with van der Waals surface area (Å²) in [6.45, 7) is 7.13. The minimum atomic E-state index is -0.0256. The van der Waals surface area contributed by atoms with Crippen LogP contribution in [0.15, 0.2) is 28.7 Å². The predicted octanol–water partition coefficient (Wildman–Crippen LogP) is 3.06. The first-order valence-corrected chi connectivity index (χ1v) is 10.2. The van der Waals surface area contributed by atoms with Crippen molar-refractivity contribution in [2.24, 2.45) is 5.92 Å². The van der Waals surface area contributed by atoms with Crippen LogP contribution < -0.4 is 15.5 Å². The Morgan fingerprint density at radius 2 is 2.04 bits per heavy atom. The third kappa shape index (κ3) is 5.89. The third-order valence-electron chi connectivity index (χ3n) is 5.15. The lowest BCUT2D eigenvalue weighted by Gasteiger charge is -2.19. The summed E-state index contributed by atoms with van der Waals surface area (Å²) in [6.07, 6.45) is 4.81. The van der Waals surface area contributed by atoms with Crippen molar-refractivity contribution in [2.45, 2.75) is 25.7 Å². The number of rotatable bonds is 7. The zero-order valence-corrected chi connectivity index (χ0v) is 16.4. The van der Waals surface area contributed by atoms with Gasteiger partial charge in [-0.15, -0.1) is 0 Å². The molecule has 0 spiro atoms. The van der Waals surface area contributed by atoms with Gasteiger partial charge in [-0.05, 0) is 69.4 Å². The summed E-state index contributed by atoms with van der Waals surface area (Å²) >= 11 is 3.53. The molecule has 138 valence electrons. The van der Waals surface area contributed by atoms with Gasteiger partial charge in [0.25, 0.3) is 0 Å². The van der Waals surface area contributed by atoms with Crippen LogP contribution in [0.4, 0.5) is 10.5 Å². The van der Waals surface area contributed by atoms with Crippen molar-refractivity contribution in [3.8, 4) is 0 Å². The van der Waals surface area contributed by atoms with Crippen LogP contribution in [0.5, 0.6) is 0 Å². The Morgan fingerprint density at radius 3 is 2.84 bits per heavy atom. The van der Waals surface area contributed by atoms with E-state index in [2.05, 4.69) is 54.6 Å². The van der Waals surface area contributed by atoms with Crippen LogP contribution in [0.3, 0.4) is 0 Å². The predicted molar refractivity (Wildman–Crippen MR) is 106 cm³/mol. The molecule has 2 amide bonds. The Morgan fingerprint density at radius 1 is 1.20 bits per heavy atom. The molecule has 3 rings (SSSR count). The largest absolute Gasteiger partial charge is 0.371 e. The number of halogens is 1. The molecule has 6 heteroatoms. The molecular weight excluding hydrogens is 380 g/mol. The van der Waals surface area contributed by atoms with Crippen molar-refractivity contribution in [2.75, 3.05) is 50.7 Å². The Labute approximate surface area is 159 Å². The van der Waals surface area contributed by atoms with E-state index in [9.17, 15) is 4.79 Å². The molecule has 2 N–H and O–H groups in total. The summed E-state index contributed by atoms with van der Waals surface area (Å²) in [7, 11) is 0. The lowest BCUT2D eigenvalue weighted by atomic mass is 10.1. The molecule has 0 aromatic heterocycles. The van der Waals surface area contributed by atoms with Crippen molar-refractivity contribution < 1.29 is 4.79 Å². The fourth-order valence-electron chi connectivity index (χ4n) is 3.72. The average Bonchev–Trinajstić information content (AvgIpc) is 3.28. The fraction of sp³-hybridized carbons (Fsp3) is 0.632. The molecular formula is C19H29BrN4O. The highest BCUT2D eigenvalue weighted by molar-refractivity contribution is 9.10. The highest BCUT2D eigenvalue weighted by atomic mass is 79.9. The second kappa shape index (κ2) is 9.43. The number of anilines is 1. The van der Waals surface area contributed by atoms with Gasteiger partial charge in [0.05, 0.1) is 0 Å². The highest BCUT2D eigenvalue weighted by Crippen LogP contribution is 2.25.